The van der Waals surface area contributed by atoms with Crippen LogP contribution >= 0.6 is 0 Å². The number of para-hydroxylation sites is 1. The number of ether oxygens (including phenoxy) is 3. The number of halogens is 1. The van der Waals surface area contributed by atoms with Gasteiger partial charge in [-0.15, -0.1) is 0 Å². The van der Waals surface area contributed by atoms with Gasteiger partial charge in [0.05, 0.1) is 19.3 Å². The lowest BCUT2D eigenvalue weighted by Gasteiger charge is -2.27. The molecule has 1 N–H and O–H groups in total. The van der Waals surface area contributed by atoms with Crippen molar-refractivity contribution in [3.63, 3.8) is 0 Å². The minimum Gasteiger partial charge on any atom is -0.493 e. The highest BCUT2D eigenvalue weighted by Gasteiger charge is 2.31. The molecular formula is C30H41FN2O5. The summed E-state index contributed by atoms with van der Waals surface area (Å²) >= 11 is 0. The highest BCUT2D eigenvalue weighted by molar-refractivity contribution is 5.76. The Morgan fingerprint density at radius 3 is 2.66 bits per heavy atom. The summed E-state index contributed by atoms with van der Waals surface area (Å²) in [7, 11) is 1.64. The molecule has 0 bridgehead atoms. The first-order chi connectivity index (χ1) is 18.5. The average Bonchev–Trinajstić information content (AvgIpc) is 3.24. The van der Waals surface area contributed by atoms with E-state index >= 15 is 0 Å². The zero-order chi connectivity index (χ0) is 26.8. The molecule has 8 heteroatoms. The third kappa shape index (κ3) is 8.08. The monoisotopic (exact) mass is 528 g/mol. The number of nitrogens with zero attached hydrogens (tertiary/aromatic N) is 2. The molecule has 0 aliphatic carbocycles. The molecule has 1 amide bonds. The van der Waals surface area contributed by atoms with Gasteiger partial charge in [0, 0.05) is 32.6 Å². The predicted octanol–water partition coefficient (Wildman–Crippen LogP) is 4.80. The SMILES string of the molecule is COc1ccc(CN2CCC[C@](O)(COc3ccccc3F)CC2)cc1OCCCN1CCCCCC1=O. The molecule has 0 unspecified atom stereocenters. The van der Waals surface area contributed by atoms with Crippen LogP contribution in [-0.4, -0.2) is 72.9 Å². The molecule has 0 spiro atoms. The number of carbonyl (C=O) groups excluding carboxylic acids is 1. The molecule has 4 rings (SSSR count). The summed E-state index contributed by atoms with van der Waals surface area (Å²) in [6, 6.07) is 12.3. The molecule has 208 valence electrons. The number of benzene rings is 2. The summed E-state index contributed by atoms with van der Waals surface area (Å²) < 4.78 is 31.1. The third-order valence-electron chi connectivity index (χ3n) is 7.48. The summed E-state index contributed by atoms with van der Waals surface area (Å²) in [5.74, 6) is 1.40. The van der Waals surface area contributed by atoms with Crippen molar-refractivity contribution in [1.82, 2.24) is 9.80 Å². The van der Waals surface area contributed by atoms with E-state index in [0.29, 0.717) is 43.9 Å². The number of aliphatic hydroxyl groups is 1. The molecule has 2 aliphatic heterocycles. The Balaban J connectivity index is 1.27. The van der Waals surface area contributed by atoms with Crippen molar-refractivity contribution in [3.05, 3.63) is 53.8 Å². The zero-order valence-corrected chi connectivity index (χ0v) is 22.5. The lowest BCUT2D eigenvalue weighted by atomic mass is 9.96. The van der Waals surface area contributed by atoms with Crippen LogP contribution in [0.25, 0.3) is 0 Å². The van der Waals surface area contributed by atoms with E-state index in [1.165, 1.54) is 6.07 Å². The van der Waals surface area contributed by atoms with Crippen molar-refractivity contribution in [3.8, 4) is 17.2 Å². The number of carbonyl (C=O) groups is 1. The topological polar surface area (TPSA) is 71.5 Å². The van der Waals surface area contributed by atoms with Gasteiger partial charge in [-0.3, -0.25) is 9.69 Å². The van der Waals surface area contributed by atoms with E-state index in [4.69, 9.17) is 14.2 Å². The van der Waals surface area contributed by atoms with E-state index in [0.717, 1.165) is 63.8 Å². The van der Waals surface area contributed by atoms with Gasteiger partial charge >= 0.3 is 0 Å². The molecular weight excluding hydrogens is 487 g/mol. The summed E-state index contributed by atoms with van der Waals surface area (Å²) in [6.45, 7) is 4.45. The molecule has 2 aliphatic rings. The lowest BCUT2D eigenvalue weighted by Crippen LogP contribution is -2.37. The van der Waals surface area contributed by atoms with Crippen LogP contribution in [-0.2, 0) is 11.3 Å². The van der Waals surface area contributed by atoms with Crippen molar-refractivity contribution in [2.45, 2.75) is 63.5 Å². The molecule has 38 heavy (non-hydrogen) atoms. The minimum absolute atomic E-state index is 0.0747. The molecule has 7 nitrogen and oxygen atoms in total. The van der Waals surface area contributed by atoms with Crippen LogP contribution in [0.3, 0.4) is 0 Å². The zero-order valence-electron chi connectivity index (χ0n) is 22.5. The Hall–Kier alpha value is -2.84. The van der Waals surface area contributed by atoms with Crippen LogP contribution in [0, 0.1) is 5.82 Å². The van der Waals surface area contributed by atoms with Gasteiger partial charge in [-0.25, -0.2) is 4.39 Å². The van der Waals surface area contributed by atoms with Gasteiger partial charge in [0.25, 0.3) is 0 Å². The minimum atomic E-state index is -0.986. The van der Waals surface area contributed by atoms with Gasteiger partial charge in [0.2, 0.25) is 5.91 Å². The highest BCUT2D eigenvalue weighted by Crippen LogP contribution is 2.30. The molecule has 0 aromatic heterocycles. The summed E-state index contributed by atoms with van der Waals surface area (Å²) in [4.78, 5) is 16.5. The van der Waals surface area contributed by atoms with Crippen molar-refractivity contribution in [2.24, 2.45) is 0 Å². The van der Waals surface area contributed by atoms with Gasteiger partial charge in [-0.1, -0.05) is 24.6 Å². The van der Waals surface area contributed by atoms with Gasteiger partial charge in [-0.05, 0) is 74.9 Å². The fourth-order valence-corrected chi connectivity index (χ4v) is 5.21. The second-order valence-corrected chi connectivity index (χ2v) is 10.5. The quantitative estimate of drug-likeness (QED) is 0.423. The van der Waals surface area contributed by atoms with Gasteiger partial charge < -0.3 is 24.2 Å². The fraction of sp³-hybridized carbons (Fsp3) is 0.567. The largest absolute Gasteiger partial charge is 0.493 e. The van der Waals surface area contributed by atoms with Crippen molar-refractivity contribution in [2.75, 3.05) is 46.5 Å². The van der Waals surface area contributed by atoms with Crippen LogP contribution in [0.15, 0.2) is 42.5 Å². The summed E-state index contributed by atoms with van der Waals surface area (Å²) in [5.41, 5.74) is 0.122. The predicted molar refractivity (Wildman–Crippen MR) is 144 cm³/mol. The average molecular weight is 529 g/mol. The Morgan fingerprint density at radius 2 is 1.82 bits per heavy atom. The number of amides is 1. The first-order valence-corrected chi connectivity index (χ1v) is 13.9. The van der Waals surface area contributed by atoms with Gasteiger partial charge in [0.15, 0.2) is 23.1 Å². The Kier molecular flexibility index (Phi) is 10.2. The van der Waals surface area contributed by atoms with E-state index in [-0.39, 0.29) is 18.3 Å². The molecule has 2 aromatic carbocycles. The number of likely N-dealkylation sites (tertiary alicyclic amines) is 2. The number of methoxy groups -OCH3 is 1. The van der Waals surface area contributed by atoms with Gasteiger partial charge in [-0.2, -0.15) is 0 Å². The summed E-state index contributed by atoms with van der Waals surface area (Å²) in [5, 5.41) is 11.1. The first-order valence-electron chi connectivity index (χ1n) is 13.9. The summed E-state index contributed by atoms with van der Waals surface area (Å²) in [6.07, 6.45) is 6.61. The van der Waals surface area contributed by atoms with Crippen molar-refractivity contribution >= 4 is 5.91 Å². The maximum atomic E-state index is 13.9. The molecule has 2 fully saturated rings. The standard InChI is InChI=1S/C30H41FN2O5/c1-36-27-13-12-24(21-28(27)37-20-8-18-33-17-6-2-3-11-29(33)34)22-32-16-7-14-30(35,15-19-32)23-38-26-10-5-4-9-25(26)31/h4-5,9-10,12-13,21,35H,2-3,6-8,11,14-20,22-23H2,1H3/t30-/m1/s1. The number of hydrogen-bond donors (Lipinski definition) is 1. The van der Waals surface area contributed by atoms with E-state index < -0.39 is 11.4 Å². The van der Waals surface area contributed by atoms with Gasteiger partial charge in [0.1, 0.15) is 6.61 Å². The molecule has 2 aromatic rings. The second kappa shape index (κ2) is 13.8. The Bertz CT molecular complexity index is 1050. The number of rotatable bonds is 11. The smallest absolute Gasteiger partial charge is 0.222 e. The van der Waals surface area contributed by atoms with Crippen LogP contribution in [0.2, 0.25) is 0 Å². The van der Waals surface area contributed by atoms with Crippen molar-refractivity contribution < 1.29 is 28.5 Å². The Morgan fingerprint density at radius 1 is 0.947 bits per heavy atom. The third-order valence-corrected chi connectivity index (χ3v) is 7.48. The molecule has 1 atom stereocenters. The fourth-order valence-electron chi connectivity index (χ4n) is 5.21. The highest BCUT2D eigenvalue weighted by atomic mass is 19.1. The maximum absolute atomic E-state index is 13.9. The molecule has 0 saturated carbocycles. The number of hydrogen-bond acceptors (Lipinski definition) is 6. The van der Waals surface area contributed by atoms with E-state index in [1.807, 2.05) is 23.1 Å². The van der Waals surface area contributed by atoms with Crippen LogP contribution in [0.4, 0.5) is 4.39 Å². The molecule has 2 saturated heterocycles. The Labute approximate surface area is 225 Å². The normalized spacial score (nSPS) is 21.0. The first kappa shape index (κ1) is 28.2. The molecule has 2 heterocycles. The van der Waals surface area contributed by atoms with Crippen LogP contribution < -0.4 is 14.2 Å². The van der Waals surface area contributed by atoms with E-state index in [9.17, 15) is 14.3 Å². The molecule has 0 radical (unpaired) electrons. The van der Waals surface area contributed by atoms with E-state index in [2.05, 4.69) is 4.90 Å². The van der Waals surface area contributed by atoms with E-state index in [1.54, 1.807) is 25.3 Å². The second-order valence-electron chi connectivity index (χ2n) is 10.5. The van der Waals surface area contributed by atoms with Crippen LogP contribution in [0.5, 0.6) is 17.2 Å². The lowest BCUT2D eigenvalue weighted by molar-refractivity contribution is -0.130. The maximum Gasteiger partial charge on any atom is 0.222 e. The van der Waals surface area contributed by atoms with Crippen molar-refractivity contribution in [1.29, 1.82) is 0 Å². The van der Waals surface area contributed by atoms with Crippen LogP contribution in [0.1, 0.15) is 56.9 Å².